The van der Waals surface area contributed by atoms with Gasteiger partial charge in [0, 0.05) is 11.6 Å². The van der Waals surface area contributed by atoms with E-state index in [0.717, 1.165) is 34.8 Å². The fourth-order valence-corrected chi connectivity index (χ4v) is 3.82. The summed E-state index contributed by atoms with van der Waals surface area (Å²) in [5, 5.41) is 10.2. The second-order valence-corrected chi connectivity index (χ2v) is 9.97. The van der Waals surface area contributed by atoms with Crippen LogP contribution in [0, 0.1) is 0 Å². The van der Waals surface area contributed by atoms with Crippen LogP contribution in [-0.2, 0) is 15.9 Å². The molecule has 5 rings (SSSR count). The monoisotopic (exact) mass is 448 g/mol. The van der Waals surface area contributed by atoms with Gasteiger partial charge in [0.25, 0.3) is 0 Å². The van der Waals surface area contributed by atoms with Gasteiger partial charge in [0.15, 0.2) is 0 Å². The molecule has 2 aromatic heterocycles. The van der Waals surface area contributed by atoms with Gasteiger partial charge in [0.05, 0.1) is 35.7 Å². The molecule has 3 aromatic rings. The van der Waals surface area contributed by atoms with Gasteiger partial charge < -0.3 is 23.9 Å². The lowest BCUT2D eigenvalue weighted by molar-refractivity contribution is 0.00578. The molecule has 1 aliphatic heterocycles. The van der Waals surface area contributed by atoms with Crippen molar-refractivity contribution in [2.24, 2.45) is 0 Å². The summed E-state index contributed by atoms with van der Waals surface area (Å²) in [6, 6.07) is 9.84. The minimum atomic E-state index is -0.421. The van der Waals surface area contributed by atoms with Crippen molar-refractivity contribution >= 4 is 23.5 Å². The predicted octanol–water partition coefficient (Wildman–Crippen LogP) is 3.41. The molecular weight excluding hydrogens is 419 g/mol. The summed E-state index contributed by atoms with van der Waals surface area (Å²) in [6.07, 6.45) is 6.84. The molecule has 0 spiro atoms. The number of pyridine rings is 2. The lowest BCUT2D eigenvalue weighted by Crippen LogP contribution is -2.41. The Bertz CT molecular complexity index is 1160. The molecular formula is C25H29BN2O5. The molecule has 0 amide bonds. The van der Waals surface area contributed by atoms with Crippen LogP contribution in [0.5, 0.6) is 11.5 Å². The van der Waals surface area contributed by atoms with Gasteiger partial charge >= 0.3 is 7.12 Å². The number of aliphatic hydroxyl groups is 1. The van der Waals surface area contributed by atoms with E-state index in [4.69, 9.17) is 18.8 Å². The lowest BCUT2D eigenvalue weighted by Gasteiger charge is -2.32. The van der Waals surface area contributed by atoms with E-state index < -0.39 is 7.12 Å². The Morgan fingerprint density at radius 2 is 1.73 bits per heavy atom. The van der Waals surface area contributed by atoms with E-state index in [0.29, 0.717) is 18.1 Å². The van der Waals surface area contributed by atoms with Crippen molar-refractivity contribution in [2.45, 2.75) is 63.9 Å². The highest BCUT2D eigenvalue weighted by molar-refractivity contribution is 6.62. The van der Waals surface area contributed by atoms with Crippen LogP contribution in [0.15, 0.2) is 48.9 Å². The van der Waals surface area contributed by atoms with Gasteiger partial charge in [-0.15, -0.1) is 0 Å². The molecule has 1 N–H and O–H groups in total. The number of ether oxygens (including phenoxy) is 2. The van der Waals surface area contributed by atoms with E-state index in [2.05, 4.69) is 43.7 Å². The second-order valence-electron chi connectivity index (χ2n) is 9.97. The van der Waals surface area contributed by atoms with Crippen LogP contribution in [-0.4, -0.2) is 45.6 Å². The Morgan fingerprint density at radius 1 is 0.970 bits per heavy atom. The number of hydrogen-bond donors (Lipinski definition) is 1. The van der Waals surface area contributed by atoms with E-state index >= 15 is 0 Å². The molecule has 1 saturated carbocycles. The third kappa shape index (κ3) is 4.43. The van der Waals surface area contributed by atoms with Gasteiger partial charge in [0.2, 0.25) is 0 Å². The maximum absolute atomic E-state index is 9.28. The number of benzene rings is 1. The molecule has 0 atom stereocenters. The van der Waals surface area contributed by atoms with E-state index in [1.807, 2.05) is 18.2 Å². The molecule has 3 heterocycles. The zero-order valence-corrected chi connectivity index (χ0v) is 19.5. The fourth-order valence-electron chi connectivity index (χ4n) is 3.82. The number of rotatable bonds is 7. The van der Waals surface area contributed by atoms with Gasteiger partial charge in [-0.2, -0.15) is 0 Å². The summed E-state index contributed by atoms with van der Waals surface area (Å²) in [5.74, 6) is 1.33. The zero-order valence-electron chi connectivity index (χ0n) is 19.5. The predicted molar refractivity (Wildman–Crippen MR) is 126 cm³/mol. The molecule has 1 saturated heterocycles. The molecule has 2 aliphatic rings. The van der Waals surface area contributed by atoms with Gasteiger partial charge in [-0.3, -0.25) is 9.97 Å². The van der Waals surface area contributed by atoms with E-state index in [1.165, 1.54) is 0 Å². The Hall–Kier alpha value is -2.68. The van der Waals surface area contributed by atoms with Crippen LogP contribution >= 0.6 is 0 Å². The van der Waals surface area contributed by atoms with Crippen molar-refractivity contribution in [1.82, 2.24) is 9.97 Å². The van der Waals surface area contributed by atoms with E-state index in [1.54, 1.807) is 24.7 Å². The average molecular weight is 448 g/mol. The molecule has 172 valence electrons. The molecule has 8 heteroatoms. The molecule has 0 radical (unpaired) electrons. The van der Waals surface area contributed by atoms with Crippen molar-refractivity contribution in [2.75, 3.05) is 6.61 Å². The maximum atomic E-state index is 9.28. The minimum Gasteiger partial charge on any atom is -0.488 e. The Kier molecular flexibility index (Phi) is 5.35. The molecule has 0 bridgehead atoms. The quantitative estimate of drug-likeness (QED) is 0.555. The topological polar surface area (TPSA) is 82.9 Å². The molecule has 33 heavy (non-hydrogen) atoms. The summed E-state index contributed by atoms with van der Waals surface area (Å²) in [6.45, 7) is 8.55. The second kappa shape index (κ2) is 7.97. The highest BCUT2D eigenvalue weighted by atomic mass is 16.7. The average Bonchev–Trinajstić information content (AvgIpc) is 3.51. The first-order valence-electron chi connectivity index (χ1n) is 11.3. The van der Waals surface area contributed by atoms with Gasteiger partial charge in [-0.25, -0.2) is 0 Å². The number of fused-ring (bicyclic) bond motifs is 1. The third-order valence-electron chi connectivity index (χ3n) is 6.80. The number of hydrogen-bond acceptors (Lipinski definition) is 7. The van der Waals surface area contributed by atoms with Crippen LogP contribution in [0.1, 0.15) is 46.1 Å². The molecule has 0 unspecified atom stereocenters. The Morgan fingerprint density at radius 3 is 2.42 bits per heavy atom. The zero-order chi connectivity index (χ0) is 23.3. The van der Waals surface area contributed by atoms with Crippen molar-refractivity contribution in [3.8, 4) is 11.5 Å². The van der Waals surface area contributed by atoms with Crippen LogP contribution in [0.25, 0.3) is 10.9 Å². The van der Waals surface area contributed by atoms with E-state index in [9.17, 15) is 5.11 Å². The largest absolute Gasteiger partial charge is 0.494 e. The van der Waals surface area contributed by atoms with Gasteiger partial charge in [-0.05, 0) is 69.8 Å². The summed E-state index contributed by atoms with van der Waals surface area (Å²) >= 11 is 0. The summed E-state index contributed by atoms with van der Waals surface area (Å²) in [7, 11) is -0.421. The standard InChI is InChI=1S/C25H29BN2O5/c1-23(2)24(3,4)33-26(32-23)19-5-6-22-18(10-19)11-21(14-28-22)31-25(7-8-25)16-30-20-9-17(15-29)12-27-13-20/h5-6,9-14,29H,7-8,15-16H2,1-4H3. The first-order valence-corrected chi connectivity index (χ1v) is 11.3. The van der Waals surface area contributed by atoms with Gasteiger partial charge in [-0.1, -0.05) is 12.1 Å². The number of nitrogens with zero attached hydrogens (tertiary/aromatic N) is 2. The molecule has 7 nitrogen and oxygen atoms in total. The highest BCUT2D eigenvalue weighted by Crippen LogP contribution is 2.41. The fraction of sp³-hybridized carbons (Fsp3) is 0.440. The summed E-state index contributed by atoms with van der Waals surface area (Å²) < 4.78 is 24.6. The first-order chi connectivity index (χ1) is 15.7. The summed E-state index contributed by atoms with van der Waals surface area (Å²) in [4.78, 5) is 8.67. The summed E-state index contributed by atoms with van der Waals surface area (Å²) in [5.41, 5.74) is 1.42. The highest BCUT2D eigenvalue weighted by Gasteiger charge is 2.51. The van der Waals surface area contributed by atoms with Gasteiger partial charge in [0.1, 0.15) is 23.7 Å². The molecule has 1 aromatic carbocycles. The Labute approximate surface area is 194 Å². The normalized spacial score (nSPS) is 20.1. The third-order valence-corrected chi connectivity index (χ3v) is 6.80. The van der Waals surface area contributed by atoms with Crippen molar-refractivity contribution in [3.63, 3.8) is 0 Å². The molecule has 2 fully saturated rings. The maximum Gasteiger partial charge on any atom is 0.494 e. The van der Waals surface area contributed by atoms with Crippen molar-refractivity contribution in [3.05, 3.63) is 54.5 Å². The van der Waals surface area contributed by atoms with Crippen molar-refractivity contribution in [1.29, 1.82) is 0 Å². The smallest absolute Gasteiger partial charge is 0.488 e. The number of aliphatic hydroxyl groups excluding tert-OH is 1. The van der Waals surface area contributed by atoms with Crippen LogP contribution in [0.3, 0.4) is 0 Å². The Balaban J connectivity index is 1.31. The van der Waals surface area contributed by atoms with Crippen LogP contribution in [0.4, 0.5) is 0 Å². The first kappa shape index (κ1) is 22.1. The van der Waals surface area contributed by atoms with E-state index in [-0.39, 0.29) is 23.4 Å². The molecule has 1 aliphatic carbocycles. The van der Waals surface area contributed by atoms with Crippen LogP contribution < -0.4 is 14.9 Å². The lowest BCUT2D eigenvalue weighted by atomic mass is 9.78. The number of aromatic nitrogens is 2. The SMILES string of the molecule is CC1(C)OB(c2ccc3ncc(OC4(COc5cncc(CO)c5)CC4)cc3c2)OC1(C)C. The van der Waals surface area contributed by atoms with Crippen LogP contribution in [0.2, 0.25) is 0 Å². The minimum absolute atomic E-state index is 0.0669. The van der Waals surface area contributed by atoms with Crippen molar-refractivity contribution < 1.29 is 23.9 Å².